The van der Waals surface area contributed by atoms with Crippen molar-refractivity contribution in [3.8, 4) is 0 Å². The second-order valence-electron chi connectivity index (χ2n) is 6.34. The number of nitrogens with zero attached hydrogens (tertiary/aromatic N) is 3. The summed E-state index contributed by atoms with van der Waals surface area (Å²) in [5.74, 6) is -0.624. The Kier molecular flexibility index (Phi) is 7.77. The fourth-order valence-electron chi connectivity index (χ4n) is 2.66. The summed E-state index contributed by atoms with van der Waals surface area (Å²) in [4.78, 5) is 36.1. The molecule has 0 saturated heterocycles. The minimum absolute atomic E-state index is 0.0879. The standard InChI is InChI=1S/C19H24N4O5S/c1-6-15-21-22-19(23(15)11(2)3)29-10-16(24)20-14-8-12(17(25)27-4)7-13(9-14)18(26)28-5/h7-9,11H,6,10H2,1-5H3,(H,20,24). The normalized spacial score (nSPS) is 10.7. The predicted octanol–water partition coefficient (Wildman–Crippen LogP) is 2.73. The van der Waals surface area contributed by atoms with Crippen molar-refractivity contribution in [2.75, 3.05) is 25.3 Å². The van der Waals surface area contributed by atoms with E-state index in [0.29, 0.717) is 10.8 Å². The Labute approximate surface area is 173 Å². The first kappa shape index (κ1) is 22.4. The lowest BCUT2D eigenvalue weighted by molar-refractivity contribution is -0.113. The van der Waals surface area contributed by atoms with Crippen molar-refractivity contribution in [2.45, 2.75) is 38.4 Å². The van der Waals surface area contributed by atoms with Crippen LogP contribution < -0.4 is 5.32 Å². The van der Waals surface area contributed by atoms with Gasteiger partial charge in [-0.2, -0.15) is 0 Å². The van der Waals surface area contributed by atoms with Crippen molar-refractivity contribution < 1.29 is 23.9 Å². The number of anilines is 1. The second-order valence-corrected chi connectivity index (χ2v) is 7.28. The Balaban J connectivity index is 2.15. The molecule has 0 fully saturated rings. The molecule has 2 rings (SSSR count). The number of thioether (sulfide) groups is 1. The van der Waals surface area contributed by atoms with Crippen molar-refractivity contribution in [2.24, 2.45) is 0 Å². The number of benzene rings is 1. The van der Waals surface area contributed by atoms with Crippen molar-refractivity contribution in [1.82, 2.24) is 14.8 Å². The predicted molar refractivity (Wildman–Crippen MR) is 108 cm³/mol. The molecule has 0 bridgehead atoms. The number of methoxy groups -OCH3 is 2. The molecule has 0 atom stereocenters. The summed E-state index contributed by atoms with van der Waals surface area (Å²) >= 11 is 1.26. The average molecular weight is 420 g/mol. The minimum atomic E-state index is -0.627. The number of rotatable bonds is 8. The van der Waals surface area contributed by atoms with Crippen molar-refractivity contribution >= 4 is 35.3 Å². The van der Waals surface area contributed by atoms with Crippen molar-refractivity contribution in [3.05, 3.63) is 35.2 Å². The Morgan fingerprint density at radius 3 is 2.14 bits per heavy atom. The van der Waals surface area contributed by atoms with Crippen LogP contribution in [0, 0.1) is 0 Å². The van der Waals surface area contributed by atoms with E-state index in [2.05, 4.69) is 15.5 Å². The molecule has 0 radical (unpaired) electrons. The number of amides is 1. The quantitative estimate of drug-likeness (QED) is 0.512. The fourth-order valence-corrected chi connectivity index (χ4v) is 3.55. The van der Waals surface area contributed by atoms with Gasteiger partial charge in [0.25, 0.3) is 0 Å². The Morgan fingerprint density at radius 2 is 1.66 bits per heavy atom. The maximum atomic E-state index is 12.4. The lowest BCUT2D eigenvalue weighted by Gasteiger charge is -2.13. The van der Waals surface area contributed by atoms with Crippen molar-refractivity contribution in [1.29, 1.82) is 0 Å². The third-order valence-corrected chi connectivity index (χ3v) is 4.90. The van der Waals surface area contributed by atoms with Gasteiger partial charge in [-0.15, -0.1) is 10.2 Å². The molecule has 0 unspecified atom stereocenters. The number of carbonyl (C=O) groups is 3. The zero-order valence-corrected chi connectivity index (χ0v) is 17.8. The van der Waals surface area contributed by atoms with E-state index in [-0.39, 0.29) is 28.8 Å². The van der Waals surface area contributed by atoms with Gasteiger partial charge < -0.3 is 19.4 Å². The molecule has 29 heavy (non-hydrogen) atoms. The van der Waals surface area contributed by atoms with Crippen LogP contribution in [0.15, 0.2) is 23.4 Å². The maximum Gasteiger partial charge on any atom is 0.337 e. The van der Waals surface area contributed by atoms with Gasteiger partial charge in [-0.05, 0) is 32.0 Å². The van der Waals surface area contributed by atoms with Gasteiger partial charge in [0.2, 0.25) is 5.91 Å². The van der Waals surface area contributed by atoms with Crippen LogP contribution in [0.4, 0.5) is 5.69 Å². The zero-order valence-electron chi connectivity index (χ0n) is 17.0. The number of hydrogen-bond acceptors (Lipinski definition) is 8. The van der Waals surface area contributed by atoms with Gasteiger partial charge in [0.05, 0.1) is 31.1 Å². The van der Waals surface area contributed by atoms with E-state index >= 15 is 0 Å². The molecule has 156 valence electrons. The molecule has 0 spiro atoms. The first-order valence-corrected chi connectivity index (χ1v) is 9.97. The highest BCUT2D eigenvalue weighted by atomic mass is 32.2. The van der Waals surface area contributed by atoms with Gasteiger partial charge in [-0.25, -0.2) is 9.59 Å². The lowest BCUT2D eigenvalue weighted by Crippen LogP contribution is -2.16. The molecule has 1 amide bonds. The number of aromatic nitrogens is 3. The number of aryl methyl sites for hydroxylation is 1. The highest BCUT2D eigenvalue weighted by Gasteiger charge is 2.17. The summed E-state index contributed by atoms with van der Waals surface area (Å²) < 4.78 is 11.4. The Hall–Kier alpha value is -2.88. The smallest absolute Gasteiger partial charge is 0.337 e. The molecule has 1 heterocycles. The van der Waals surface area contributed by atoms with Crippen LogP contribution in [0.2, 0.25) is 0 Å². The largest absolute Gasteiger partial charge is 0.465 e. The van der Waals surface area contributed by atoms with E-state index in [1.54, 1.807) is 0 Å². The number of hydrogen-bond donors (Lipinski definition) is 1. The van der Waals surface area contributed by atoms with Crippen LogP contribution in [0.25, 0.3) is 0 Å². The van der Waals surface area contributed by atoms with Crippen LogP contribution in [0.5, 0.6) is 0 Å². The SMILES string of the molecule is CCc1nnc(SCC(=O)Nc2cc(C(=O)OC)cc(C(=O)OC)c2)n1C(C)C. The van der Waals surface area contributed by atoms with E-state index < -0.39 is 11.9 Å². The van der Waals surface area contributed by atoms with Gasteiger partial charge >= 0.3 is 11.9 Å². The van der Waals surface area contributed by atoms with Gasteiger partial charge in [0, 0.05) is 18.2 Å². The lowest BCUT2D eigenvalue weighted by atomic mass is 10.1. The van der Waals surface area contributed by atoms with E-state index in [4.69, 9.17) is 9.47 Å². The number of esters is 2. The Bertz CT molecular complexity index is 876. The van der Waals surface area contributed by atoms with Crippen molar-refractivity contribution in [3.63, 3.8) is 0 Å². The zero-order chi connectivity index (χ0) is 21.6. The molecule has 0 aliphatic carbocycles. The van der Waals surface area contributed by atoms with Crippen LogP contribution in [-0.4, -0.2) is 52.6 Å². The second kappa shape index (κ2) is 10.1. The Morgan fingerprint density at radius 1 is 1.07 bits per heavy atom. The van der Waals surface area contributed by atoms with Crippen LogP contribution in [0.3, 0.4) is 0 Å². The summed E-state index contributed by atoms with van der Waals surface area (Å²) in [5.41, 5.74) is 0.550. The molecule has 0 saturated carbocycles. The van der Waals surface area contributed by atoms with E-state index in [0.717, 1.165) is 12.2 Å². The monoisotopic (exact) mass is 420 g/mol. The van der Waals surface area contributed by atoms with Crippen LogP contribution in [0.1, 0.15) is 53.4 Å². The summed E-state index contributed by atoms with van der Waals surface area (Å²) in [6, 6.07) is 4.39. The average Bonchev–Trinajstić information content (AvgIpc) is 3.14. The third kappa shape index (κ3) is 5.57. The summed E-state index contributed by atoms with van der Waals surface area (Å²) in [7, 11) is 2.47. The summed E-state index contributed by atoms with van der Waals surface area (Å²) in [5, 5.41) is 11.7. The minimum Gasteiger partial charge on any atom is -0.465 e. The maximum absolute atomic E-state index is 12.4. The van der Waals surface area contributed by atoms with Crippen LogP contribution in [-0.2, 0) is 20.7 Å². The molecular weight excluding hydrogens is 396 g/mol. The molecule has 0 aliphatic heterocycles. The number of nitrogens with one attached hydrogen (secondary N) is 1. The molecule has 9 nitrogen and oxygen atoms in total. The van der Waals surface area contributed by atoms with E-state index in [1.807, 2.05) is 25.3 Å². The van der Waals surface area contributed by atoms with Gasteiger partial charge in [-0.1, -0.05) is 18.7 Å². The molecule has 2 aromatic rings. The van der Waals surface area contributed by atoms with E-state index in [1.165, 1.54) is 44.2 Å². The van der Waals surface area contributed by atoms with Gasteiger partial charge in [0.1, 0.15) is 5.82 Å². The molecule has 1 aromatic heterocycles. The first-order chi connectivity index (χ1) is 13.8. The molecule has 10 heteroatoms. The highest BCUT2D eigenvalue weighted by molar-refractivity contribution is 7.99. The molecule has 1 N–H and O–H groups in total. The first-order valence-electron chi connectivity index (χ1n) is 8.98. The van der Waals surface area contributed by atoms with Gasteiger partial charge in [0.15, 0.2) is 5.16 Å². The fraction of sp³-hybridized carbons (Fsp3) is 0.421. The number of ether oxygens (including phenoxy) is 2. The van der Waals surface area contributed by atoms with E-state index in [9.17, 15) is 14.4 Å². The molecular formula is C19H24N4O5S. The van der Waals surface area contributed by atoms with Crippen LogP contribution >= 0.6 is 11.8 Å². The third-order valence-electron chi connectivity index (χ3n) is 3.96. The molecule has 0 aliphatic rings. The topological polar surface area (TPSA) is 112 Å². The van der Waals surface area contributed by atoms with Gasteiger partial charge in [-0.3, -0.25) is 4.79 Å². The number of carbonyl (C=O) groups excluding carboxylic acids is 3. The highest BCUT2D eigenvalue weighted by Crippen LogP contribution is 2.23. The summed E-state index contributed by atoms with van der Waals surface area (Å²) in [6.07, 6.45) is 0.745. The summed E-state index contributed by atoms with van der Waals surface area (Å²) in [6.45, 7) is 6.05. The molecule has 1 aromatic carbocycles.